The normalized spacial score (nSPS) is 11.9. The van der Waals surface area contributed by atoms with E-state index in [4.69, 9.17) is 0 Å². The molecule has 0 saturated heterocycles. The van der Waals surface area contributed by atoms with E-state index < -0.39 is 25.0 Å². The number of phenols is 1. The van der Waals surface area contributed by atoms with Crippen LogP contribution in [-0.2, 0) is 20.1 Å². The molecule has 0 saturated carbocycles. The molecule has 0 aliphatic heterocycles. The molecule has 9 nitrogen and oxygen atoms in total. The first-order valence-corrected chi connectivity index (χ1v) is 12.8. The van der Waals surface area contributed by atoms with Crippen molar-refractivity contribution in [3.8, 4) is 5.75 Å². The first-order valence-electron chi connectivity index (χ1n) is 9.89. The summed E-state index contributed by atoms with van der Waals surface area (Å²) in [6, 6.07) is 19.9. The van der Waals surface area contributed by atoms with E-state index in [2.05, 4.69) is 15.0 Å². The van der Waals surface area contributed by atoms with Crippen molar-refractivity contribution >= 4 is 48.0 Å². The Balaban J connectivity index is 0.00000228. The maximum absolute atomic E-state index is 12.9. The number of aryl methyl sites for hydroxylation is 1. The molecule has 0 spiro atoms. The van der Waals surface area contributed by atoms with Gasteiger partial charge in [-0.2, -0.15) is 13.5 Å². The Morgan fingerprint density at radius 2 is 1.43 bits per heavy atom. The van der Waals surface area contributed by atoms with Gasteiger partial charge in [-0.15, -0.1) is 5.11 Å². The topological polar surface area (TPSA) is 145 Å². The molecule has 0 heterocycles. The summed E-state index contributed by atoms with van der Waals surface area (Å²) in [5.74, 6) is -0.336. The summed E-state index contributed by atoms with van der Waals surface area (Å²) >= 11 is 0. The number of sulfonamides is 1. The van der Waals surface area contributed by atoms with Gasteiger partial charge in [-0.05, 0) is 42.8 Å². The minimum absolute atomic E-state index is 0. The quantitative estimate of drug-likeness (QED) is 0.202. The summed E-state index contributed by atoms with van der Waals surface area (Å²) in [4.78, 5) is -0.455. The molecule has 12 heteroatoms. The van der Waals surface area contributed by atoms with Crippen LogP contribution in [0.4, 0.5) is 17.1 Å². The zero-order valence-corrected chi connectivity index (χ0v) is 22.4. The number of phenolic OH excluding ortho intramolecular Hbond substituents is 1. The maximum Gasteiger partial charge on any atom is 1.00 e. The number of hydrogen-bond donors (Lipinski definition) is 3. The number of aromatic hydroxyl groups is 1. The number of rotatable bonds is 6. The third-order valence-electron chi connectivity index (χ3n) is 5.00. The van der Waals surface area contributed by atoms with E-state index in [0.29, 0.717) is 11.3 Å². The van der Waals surface area contributed by atoms with E-state index in [1.54, 1.807) is 55.5 Å². The van der Waals surface area contributed by atoms with Crippen LogP contribution in [0.25, 0.3) is 10.8 Å². The Kier molecular flexibility index (Phi) is 8.00. The molecule has 0 radical (unpaired) electrons. The molecular formula is C23H20N3NaO6S2. The molecule has 0 aliphatic rings. The number of fused-ring (bicyclic) bond motifs is 1. The van der Waals surface area contributed by atoms with Gasteiger partial charge in [0.15, 0.2) is 5.75 Å². The number of anilines is 1. The monoisotopic (exact) mass is 521 g/mol. The van der Waals surface area contributed by atoms with Crippen LogP contribution in [-0.4, -0.2) is 26.5 Å². The van der Waals surface area contributed by atoms with Crippen molar-refractivity contribution in [3.63, 3.8) is 0 Å². The average molecular weight is 522 g/mol. The minimum atomic E-state index is -4.61. The van der Waals surface area contributed by atoms with Crippen LogP contribution >= 0.6 is 0 Å². The van der Waals surface area contributed by atoms with Crippen molar-refractivity contribution in [3.05, 3.63) is 84.4 Å². The van der Waals surface area contributed by atoms with Crippen LogP contribution in [0, 0.1) is 6.92 Å². The SMILES string of the molecule is Cc1ccc(N=Nc2cc(S(=O)(=O)O)c3ccccc3c2O)cc1S(=O)(=O)Nc1ccccc1.[H-].[Na+]. The van der Waals surface area contributed by atoms with Gasteiger partial charge in [0.1, 0.15) is 10.6 Å². The summed E-state index contributed by atoms with van der Waals surface area (Å²) in [6.07, 6.45) is 0. The number of benzene rings is 4. The Labute approximate surface area is 226 Å². The summed E-state index contributed by atoms with van der Waals surface area (Å²) < 4.78 is 61.6. The van der Waals surface area contributed by atoms with Gasteiger partial charge < -0.3 is 6.53 Å². The molecule has 0 fully saturated rings. The fraction of sp³-hybridized carbons (Fsp3) is 0.0435. The Bertz CT molecular complexity index is 1650. The van der Waals surface area contributed by atoms with Gasteiger partial charge in [0.05, 0.1) is 10.6 Å². The Morgan fingerprint density at radius 1 is 0.800 bits per heavy atom. The summed E-state index contributed by atoms with van der Waals surface area (Å²) in [7, 11) is -8.54. The molecule has 4 aromatic carbocycles. The van der Waals surface area contributed by atoms with E-state index in [9.17, 15) is 26.5 Å². The number of para-hydroxylation sites is 1. The molecule has 3 N–H and O–H groups in total. The third-order valence-corrected chi connectivity index (χ3v) is 7.41. The van der Waals surface area contributed by atoms with Crippen LogP contribution in [0.1, 0.15) is 6.99 Å². The summed E-state index contributed by atoms with van der Waals surface area (Å²) in [6.45, 7) is 1.63. The maximum atomic E-state index is 12.9. The van der Waals surface area contributed by atoms with Crippen molar-refractivity contribution in [2.45, 2.75) is 16.7 Å². The smallest absolute Gasteiger partial charge is 1.00 e. The zero-order valence-electron chi connectivity index (χ0n) is 19.7. The molecular weight excluding hydrogens is 501 g/mol. The average Bonchev–Trinajstić information content (AvgIpc) is 2.79. The van der Waals surface area contributed by atoms with E-state index >= 15 is 0 Å². The van der Waals surface area contributed by atoms with Crippen LogP contribution < -0.4 is 34.3 Å². The largest absolute Gasteiger partial charge is 1.00 e. The first kappa shape index (κ1) is 26.8. The van der Waals surface area contributed by atoms with Gasteiger partial charge in [-0.3, -0.25) is 9.27 Å². The van der Waals surface area contributed by atoms with Crippen LogP contribution in [0.5, 0.6) is 5.75 Å². The van der Waals surface area contributed by atoms with Gasteiger partial charge >= 0.3 is 29.6 Å². The third kappa shape index (κ3) is 5.89. The summed E-state index contributed by atoms with van der Waals surface area (Å²) in [5, 5.41) is 18.8. The summed E-state index contributed by atoms with van der Waals surface area (Å²) in [5.41, 5.74) is 0.816. The van der Waals surface area contributed by atoms with E-state index in [0.717, 1.165) is 6.07 Å². The fourth-order valence-corrected chi connectivity index (χ4v) is 5.41. The van der Waals surface area contributed by atoms with Gasteiger partial charge in [-0.25, -0.2) is 8.42 Å². The molecule has 0 aromatic heterocycles. The molecule has 35 heavy (non-hydrogen) atoms. The van der Waals surface area contributed by atoms with E-state index in [1.165, 1.54) is 24.3 Å². The van der Waals surface area contributed by atoms with Crippen molar-refractivity contribution < 1.29 is 57.5 Å². The first-order chi connectivity index (χ1) is 16.1. The minimum Gasteiger partial charge on any atom is -1.00 e. The Morgan fingerprint density at radius 3 is 2.09 bits per heavy atom. The molecule has 4 aromatic rings. The number of azo groups is 1. The van der Waals surface area contributed by atoms with Gasteiger partial charge in [0.25, 0.3) is 20.1 Å². The van der Waals surface area contributed by atoms with Crippen molar-refractivity contribution in [2.75, 3.05) is 4.72 Å². The second-order valence-electron chi connectivity index (χ2n) is 7.38. The molecule has 0 aliphatic carbocycles. The number of hydrogen-bond acceptors (Lipinski definition) is 7. The second kappa shape index (κ2) is 10.4. The molecule has 0 amide bonds. The molecule has 4 rings (SSSR count). The van der Waals surface area contributed by atoms with Crippen molar-refractivity contribution in [1.29, 1.82) is 0 Å². The van der Waals surface area contributed by atoms with Crippen molar-refractivity contribution in [2.24, 2.45) is 10.2 Å². The van der Waals surface area contributed by atoms with Crippen LogP contribution in [0.15, 0.2) is 98.9 Å². The van der Waals surface area contributed by atoms with Gasteiger partial charge in [0, 0.05) is 16.5 Å². The van der Waals surface area contributed by atoms with Gasteiger partial charge in [0.2, 0.25) is 0 Å². The predicted molar refractivity (Wildman–Crippen MR) is 129 cm³/mol. The predicted octanol–water partition coefficient (Wildman–Crippen LogP) is 2.43. The fourth-order valence-electron chi connectivity index (χ4n) is 3.37. The van der Waals surface area contributed by atoms with Crippen molar-refractivity contribution in [1.82, 2.24) is 0 Å². The molecule has 176 valence electrons. The standard InChI is InChI=1S/C23H19N3O6S2.Na.H/c1-15-11-12-17(13-21(15)33(28,29)26-16-7-3-2-4-8-16)24-25-20-14-22(34(30,31)32)18-9-5-6-10-19(18)23(20)27;;/h2-14,26-27H,1H3,(H,30,31,32);;/q;+1;-1. The number of nitrogens with zero attached hydrogens (tertiary/aromatic N) is 2. The number of nitrogens with one attached hydrogen (secondary N) is 1. The van der Waals surface area contributed by atoms with E-state index in [-0.39, 0.29) is 63.8 Å². The molecule has 0 unspecified atom stereocenters. The van der Waals surface area contributed by atoms with Crippen LogP contribution in [0.3, 0.4) is 0 Å². The Hall–Kier alpha value is -2.80. The second-order valence-corrected chi connectivity index (χ2v) is 10.4. The van der Waals surface area contributed by atoms with Gasteiger partial charge in [-0.1, -0.05) is 48.5 Å². The van der Waals surface area contributed by atoms with Crippen LogP contribution in [0.2, 0.25) is 0 Å². The zero-order chi connectivity index (χ0) is 24.5. The van der Waals surface area contributed by atoms with E-state index in [1.807, 2.05) is 0 Å². The molecule has 0 atom stereocenters. The molecule has 0 bridgehead atoms.